The summed E-state index contributed by atoms with van der Waals surface area (Å²) < 4.78 is 5.43. The van der Waals surface area contributed by atoms with Crippen LogP contribution in [0.25, 0.3) is 10.9 Å². The SMILES string of the molecule is CSc1ccc2cc(CN(C)CC3(CO)CCOCC3)c(=O)[nH]c2c1. The summed E-state index contributed by atoms with van der Waals surface area (Å²) in [6.07, 6.45) is 3.74. The highest BCUT2D eigenvalue weighted by atomic mass is 32.2. The van der Waals surface area contributed by atoms with Crippen molar-refractivity contribution in [3.63, 3.8) is 0 Å². The number of ether oxygens (including phenoxy) is 1. The standard InChI is InChI=1S/C19H26N2O3S/c1-21(12-19(13-22)5-7-24-8-6-19)11-15-9-14-3-4-16(25-2)10-17(14)20-18(15)23/h3-4,9-10,22H,5-8,11-13H2,1-2H3,(H,20,23). The van der Waals surface area contributed by atoms with Gasteiger partial charge in [-0.1, -0.05) is 6.07 Å². The van der Waals surface area contributed by atoms with E-state index < -0.39 is 0 Å². The minimum absolute atomic E-state index is 0.0392. The molecule has 1 saturated heterocycles. The lowest BCUT2D eigenvalue weighted by atomic mass is 9.80. The maximum absolute atomic E-state index is 12.5. The largest absolute Gasteiger partial charge is 0.396 e. The summed E-state index contributed by atoms with van der Waals surface area (Å²) in [5, 5.41) is 10.9. The molecule has 0 amide bonds. The van der Waals surface area contributed by atoms with Crippen LogP contribution < -0.4 is 5.56 Å². The van der Waals surface area contributed by atoms with Crippen molar-refractivity contribution in [3.05, 3.63) is 40.2 Å². The molecular formula is C19H26N2O3S. The zero-order valence-corrected chi connectivity index (χ0v) is 15.7. The molecule has 0 bridgehead atoms. The fourth-order valence-electron chi connectivity index (χ4n) is 3.56. The molecular weight excluding hydrogens is 336 g/mol. The number of aliphatic hydroxyl groups is 1. The van der Waals surface area contributed by atoms with E-state index in [4.69, 9.17) is 4.74 Å². The highest BCUT2D eigenvalue weighted by Gasteiger charge is 2.33. The van der Waals surface area contributed by atoms with E-state index in [2.05, 4.69) is 16.0 Å². The van der Waals surface area contributed by atoms with Gasteiger partial charge in [0.25, 0.3) is 5.56 Å². The van der Waals surface area contributed by atoms with Crippen LogP contribution in [0.15, 0.2) is 34.0 Å². The van der Waals surface area contributed by atoms with E-state index in [1.807, 2.05) is 31.5 Å². The van der Waals surface area contributed by atoms with Crippen molar-refractivity contribution in [3.8, 4) is 0 Å². The van der Waals surface area contributed by atoms with Crippen molar-refractivity contribution in [2.45, 2.75) is 24.3 Å². The summed E-state index contributed by atoms with van der Waals surface area (Å²) in [6.45, 7) is 2.88. The lowest BCUT2D eigenvalue weighted by molar-refractivity contribution is -0.0318. The zero-order valence-electron chi connectivity index (χ0n) is 14.9. The van der Waals surface area contributed by atoms with Crippen molar-refractivity contribution in [2.24, 2.45) is 5.41 Å². The van der Waals surface area contributed by atoms with E-state index in [1.54, 1.807) is 11.8 Å². The van der Waals surface area contributed by atoms with Crippen LogP contribution in [0, 0.1) is 5.41 Å². The maximum Gasteiger partial charge on any atom is 0.252 e. The molecule has 1 aliphatic rings. The molecule has 1 aromatic carbocycles. The maximum atomic E-state index is 12.5. The number of fused-ring (bicyclic) bond motifs is 1. The minimum atomic E-state index is -0.121. The molecule has 5 nitrogen and oxygen atoms in total. The van der Waals surface area contributed by atoms with Gasteiger partial charge in [-0.3, -0.25) is 4.79 Å². The number of aromatic amines is 1. The number of aromatic nitrogens is 1. The quantitative estimate of drug-likeness (QED) is 0.773. The van der Waals surface area contributed by atoms with Gasteiger partial charge < -0.3 is 19.7 Å². The molecule has 0 aliphatic carbocycles. The normalized spacial score (nSPS) is 17.3. The fraction of sp³-hybridized carbons (Fsp3) is 0.526. The van der Waals surface area contributed by atoms with Gasteiger partial charge in [0.15, 0.2) is 0 Å². The summed E-state index contributed by atoms with van der Waals surface area (Å²) in [5.74, 6) is 0. The van der Waals surface area contributed by atoms with Crippen molar-refractivity contribution < 1.29 is 9.84 Å². The van der Waals surface area contributed by atoms with Crippen LogP contribution in [0.3, 0.4) is 0 Å². The van der Waals surface area contributed by atoms with Crippen LogP contribution in [-0.4, -0.2) is 54.7 Å². The van der Waals surface area contributed by atoms with E-state index in [1.165, 1.54) is 0 Å². The Balaban J connectivity index is 1.77. The van der Waals surface area contributed by atoms with E-state index >= 15 is 0 Å². The molecule has 2 heterocycles. The second kappa shape index (κ2) is 7.91. The molecule has 0 radical (unpaired) electrons. The Hall–Kier alpha value is -1.34. The Bertz CT molecular complexity index is 784. The number of benzene rings is 1. The van der Waals surface area contributed by atoms with Crippen LogP contribution in [0.2, 0.25) is 0 Å². The zero-order chi connectivity index (χ0) is 17.9. The number of aliphatic hydroxyl groups excluding tert-OH is 1. The Labute approximate surface area is 152 Å². The van der Waals surface area contributed by atoms with E-state index in [0.29, 0.717) is 19.8 Å². The van der Waals surface area contributed by atoms with Gasteiger partial charge in [-0.05, 0) is 49.7 Å². The topological polar surface area (TPSA) is 65.6 Å². The van der Waals surface area contributed by atoms with Crippen molar-refractivity contribution in [1.82, 2.24) is 9.88 Å². The third-order valence-corrected chi connectivity index (χ3v) is 5.79. The van der Waals surface area contributed by atoms with E-state index in [9.17, 15) is 9.90 Å². The van der Waals surface area contributed by atoms with Gasteiger partial charge in [0.1, 0.15) is 0 Å². The number of nitrogens with zero attached hydrogens (tertiary/aromatic N) is 1. The summed E-state index contributed by atoms with van der Waals surface area (Å²) in [6, 6.07) is 8.11. The second-order valence-electron chi connectivity index (χ2n) is 7.02. The predicted molar refractivity (Wildman–Crippen MR) is 102 cm³/mol. The first-order valence-corrected chi connectivity index (χ1v) is 9.85. The third-order valence-electron chi connectivity index (χ3n) is 5.06. The smallest absolute Gasteiger partial charge is 0.252 e. The molecule has 1 aromatic heterocycles. The molecule has 25 heavy (non-hydrogen) atoms. The molecule has 0 atom stereocenters. The second-order valence-corrected chi connectivity index (χ2v) is 7.90. The van der Waals surface area contributed by atoms with Gasteiger partial charge in [0.2, 0.25) is 0 Å². The Morgan fingerprint density at radius 1 is 1.32 bits per heavy atom. The van der Waals surface area contributed by atoms with Crippen LogP contribution in [0.1, 0.15) is 18.4 Å². The van der Waals surface area contributed by atoms with E-state index in [0.717, 1.165) is 40.7 Å². The third kappa shape index (κ3) is 4.26. The number of hydrogen-bond donors (Lipinski definition) is 2. The summed E-state index contributed by atoms with van der Waals surface area (Å²) in [4.78, 5) is 18.7. The fourth-order valence-corrected chi connectivity index (χ4v) is 4.00. The first-order valence-electron chi connectivity index (χ1n) is 8.62. The van der Waals surface area contributed by atoms with Crippen LogP contribution >= 0.6 is 11.8 Å². The molecule has 0 unspecified atom stereocenters. The highest BCUT2D eigenvalue weighted by molar-refractivity contribution is 7.98. The molecule has 6 heteroatoms. The lowest BCUT2D eigenvalue weighted by Gasteiger charge is -2.38. The number of hydrogen-bond acceptors (Lipinski definition) is 5. The first-order chi connectivity index (χ1) is 12.0. The van der Waals surface area contributed by atoms with Gasteiger partial charge in [-0.15, -0.1) is 11.8 Å². The monoisotopic (exact) mass is 362 g/mol. The Morgan fingerprint density at radius 3 is 2.76 bits per heavy atom. The Kier molecular flexibility index (Phi) is 5.84. The minimum Gasteiger partial charge on any atom is -0.396 e. The predicted octanol–water partition coefficient (Wildman–Crippen LogP) is 2.47. The summed E-state index contributed by atoms with van der Waals surface area (Å²) in [7, 11) is 2.01. The number of thioether (sulfide) groups is 1. The van der Waals surface area contributed by atoms with Crippen LogP contribution in [0.4, 0.5) is 0 Å². The molecule has 2 N–H and O–H groups in total. The molecule has 1 aliphatic heterocycles. The Morgan fingerprint density at radius 2 is 2.08 bits per heavy atom. The van der Waals surface area contributed by atoms with Gasteiger partial charge in [-0.25, -0.2) is 0 Å². The van der Waals surface area contributed by atoms with Gasteiger partial charge in [-0.2, -0.15) is 0 Å². The van der Waals surface area contributed by atoms with Gasteiger partial charge in [0, 0.05) is 47.7 Å². The van der Waals surface area contributed by atoms with Crippen LogP contribution in [0.5, 0.6) is 0 Å². The lowest BCUT2D eigenvalue weighted by Crippen LogP contribution is -2.42. The summed E-state index contributed by atoms with van der Waals surface area (Å²) in [5.41, 5.74) is 1.47. The average molecular weight is 362 g/mol. The highest BCUT2D eigenvalue weighted by Crippen LogP contribution is 2.31. The number of H-pyrrole nitrogens is 1. The van der Waals surface area contributed by atoms with Gasteiger partial charge >= 0.3 is 0 Å². The van der Waals surface area contributed by atoms with Crippen molar-refractivity contribution >= 4 is 22.7 Å². The molecule has 0 spiro atoms. The molecule has 3 rings (SSSR count). The van der Waals surface area contributed by atoms with Gasteiger partial charge in [0.05, 0.1) is 6.61 Å². The van der Waals surface area contributed by atoms with Crippen LogP contribution in [-0.2, 0) is 11.3 Å². The molecule has 136 valence electrons. The summed E-state index contributed by atoms with van der Waals surface area (Å²) >= 11 is 1.66. The van der Waals surface area contributed by atoms with Crippen molar-refractivity contribution in [2.75, 3.05) is 39.7 Å². The molecule has 0 saturated carbocycles. The first kappa shape index (κ1) is 18.5. The molecule has 1 fully saturated rings. The molecule has 2 aromatic rings. The van der Waals surface area contributed by atoms with Crippen molar-refractivity contribution in [1.29, 1.82) is 0 Å². The number of rotatable bonds is 6. The number of pyridine rings is 1. The number of nitrogens with one attached hydrogen (secondary N) is 1. The van der Waals surface area contributed by atoms with E-state index in [-0.39, 0.29) is 17.6 Å². The average Bonchev–Trinajstić information content (AvgIpc) is 2.62.